The summed E-state index contributed by atoms with van der Waals surface area (Å²) in [4.78, 5) is 7.99. The molecule has 0 spiro atoms. The van der Waals surface area contributed by atoms with Crippen LogP contribution in [0.3, 0.4) is 0 Å². The lowest BCUT2D eigenvalue weighted by molar-refractivity contribution is 0.537. The Bertz CT molecular complexity index is 1040. The molecule has 1 aliphatic carbocycles. The number of nitrogens with zero attached hydrogens (tertiary/aromatic N) is 5. The average Bonchev–Trinajstić information content (AvgIpc) is 3.27. The smallest absolute Gasteiger partial charge is 0.259 e. The number of aryl methyl sites for hydroxylation is 1. The first-order chi connectivity index (χ1) is 13.0. The number of sulfonamides is 1. The monoisotopic (exact) mass is 386 g/mol. The molecule has 0 radical (unpaired) electrons. The summed E-state index contributed by atoms with van der Waals surface area (Å²) in [7, 11) is -1.87. The summed E-state index contributed by atoms with van der Waals surface area (Å²) >= 11 is 0. The number of rotatable bonds is 6. The average molecular weight is 386 g/mol. The Labute approximate surface area is 158 Å². The van der Waals surface area contributed by atoms with Crippen LogP contribution >= 0.6 is 0 Å². The molecule has 142 valence electrons. The van der Waals surface area contributed by atoms with E-state index in [0.29, 0.717) is 6.54 Å². The summed E-state index contributed by atoms with van der Waals surface area (Å²) in [6, 6.07) is 3.93. The zero-order chi connectivity index (χ0) is 18.9. The van der Waals surface area contributed by atoms with Gasteiger partial charge in [0.05, 0.1) is 18.6 Å². The van der Waals surface area contributed by atoms with E-state index < -0.39 is 10.0 Å². The Balaban J connectivity index is 1.53. The van der Waals surface area contributed by atoms with E-state index in [0.717, 1.165) is 36.9 Å². The molecule has 0 saturated carbocycles. The summed E-state index contributed by atoms with van der Waals surface area (Å²) in [6.07, 6.45) is 10.8. The molecule has 0 aromatic carbocycles. The lowest BCUT2D eigenvalue weighted by Crippen LogP contribution is -2.28. The minimum absolute atomic E-state index is 0.0324. The zero-order valence-corrected chi connectivity index (χ0v) is 16.0. The minimum Gasteiger partial charge on any atom is -0.339 e. The van der Waals surface area contributed by atoms with Crippen molar-refractivity contribution in [3.8, 4) is 11.3 Å². The van der Waals surface area contributed by atoms with Crippen molar-refractivity contribution in [3.05, 3.63) is 48.3 Å². The second-order valence-electron chi connectivity index (χ2n) is 6.72. The molecule has 0 amide bonds. The third-order valence-electron chi connectivity index (χ3n) is 4.78. The van der Waals surface area contributed by atoms with Crippen molar-refractivity contribution in [2.45, 2.75) is 37.3 Å². The fraction of sp³-hybridized carbons (Fsp3) is 0.389. The zero-order valence-electron chi connectivity index (χ0n) is 15.2. The van der Waals surface area contributed by atoms with Gasteiger partial charge in [0.25, 0.3) is 10.0 Å². The molecule has 0 unspecified atom stereocenters. The number of pyridine rings is 1. The van der Waals surface area contributed by atoms with E-state index in [4.69, 9.17) is 5.10 Å². The summed E-state index contributed by atoms with van der Waals surface area (Å²) < 4.78 is 30.8. The summed E-state index contributed by atoms with van der Waals surface area (Å²) in [5, 5.41) is 4.83. The number of aromatic nitrogens is 5. The van der Waals surface area contributed by atoms with Crippen LogP contribution in [0.1, 0.15) is 24.1 Å². The molecular weight excluding hydrogens is 364 g/mol. The number of hydrogen-bond donors (Lipinski definition) is 1. The minimum atomic E-state index is -3.61. The van der Waals surface area contributed by atoms with Gasteiger partial charge in [-0.1, -0.05) is 0 Å². The van der Waals surface area contributed by atoms with E-state index in [1.54, 1.807) is 24.0 Å². The lowest BCUT2D eigenvalue weighted by atomic mass is 9.94. The van der Waals surface area contributed by atoms with Crippen LogP contribution in [0.25, 0.3) is 11.3 Å². The van der Waals surface area contributed by atoms with E-state index in [2.05, 4.69) is 14.7 Å². The maximum Gasteiger partial charge on any atom is 0.259 e. The van der Waals surface area contributed by atoms with Gasteiger partial charge in [0.1, 0.15) is 0 Å². The fourth-order valence-corrected chi connectivity index (χ4v) is 4.48. The van der Waals surface area contributed by atoms with Gasteiger partial charge in [-0.3, -0.25) is 9.67 Å². The lowest BCUT2D eigenvalue weighted by Gasteiger charge is -2.14. The molecule has 4 rings (SSSR count). The Morgan fingerprint density at radius 2 is 1.96 bits per heavy atom. The van der Waals surface area contributed by atoms with Gasteiger partial charge in [0.2, 0.25) is 0 Å². The Morgan fingerprint density at radius 3 is 2.70 bits per heavy atom. The highest BCUT2D eigenvalue weighted by Gasteiger charge is 2.22. The van der Waals surface area contributed by atoms with Gasteiger partial charge in [-0.05, 0) is 37.8 Å². The molecule has 0 bridgehead atoms. The van der Waals surface area contributed by atoms with Crippen molar-refractivity contribution in [1.29, 1.82) is 0 Å². The molecule has 3 aromatic heterocycles. The quantitative estimate of drug-likeness (QED) is 0.693. The number of imidazole rings is 1. The van der Waals surface area contributed by atoms with Crippen LogP contribution in [0.15, 0.2) is 42.1 Å². The Morgan fingerprint density at radius 1 is 1.19 bits per heavy atom. The van der Waals surface area contributed by atoms with E-state index >= 15 is 0 Å². The van der Waals surface area contributed by atoms with Crippen LogP contribution in [0.5, 0.6) is 0 Å². The van der Waals surface area contributed by atoms with Crippen molar-refractivity contribution in [3.63, 3.8) is 0 Å². The van der Waals surface area contributed by atoms with Crippen LogP contribution in [-0.2, 0) is 36.5 Å². The van der Waals surface area contributed by atoms with E-state index in [9.17, 15) is 8.42 Å². The van der Waals surface area contributed by atoms with Crippen LogP contribution in [0.2, 0.25) is 0 Å². The van der Waals surface area contributed by atoms with Crippen LogP contribution in [0, 0.1) is 0 Å². The van der Waals surface area contributed by atoms with Gasteiger partial charge in [-0.15, -0.1) is 0 Å². The van der Waals surface area contributed by atoms with Crippen LogP contribution < -0.4 is 4.72 Å². The molecule has 0 atom stereocenters. The molecule has 3 aromatic rings. The number of nitrogens with one attached hydrogen (secondary N) is 1. The molecule has 1 N–H and O–H groups in total. The van der Waals surface area contributed by atoms with Gasteiger partial charge in [0.15, 0.2) is 5.03 Å². The van der Waals surface area contributed by atoms with E-state index in [1.807, 2.05) is 16.8 Å². The maximum atomic E-state index is 12.3. The molecule has 9 heteroatoms. The van der Waals surface area contributed by atoms with Gasteiger partial charge in [-0.2, -0.15) is 5.10 Å². The molecule has 1 aliphatic rings. The molecule has 0 saturated heterocycles. The van der Waals surface area contributed by atoms with Gasteiger partial charge < -0.3 is 4.57 Å². The molecule has 8 nitrogen and oxygen atoms in total. The van der Waals surface area contributed by atoms with Crippen LogP contribution in [0.4, 0.5) is 0 Å². The number of hydrogen-bond acceptors (Lipinski definition) is 5. The molecule has 0 aliphatic heterocycles. The predicted molar refractivity (Wildman–Crippen MR) is 100 cm³/mol. The molecular formula is C18H22N6O2S. The fourth-order valence-electron chi connectivity index (χ4n) is 3.48. The topological polar surface area (TPSA) is 94.7 Å². The highest BCUT2D eigenvalue weighted by Crippen LogP contribution is 2.30. The second kappa shape index (κ2) is 7.24. The first-order valence-corrected chi connectivity index (χ1v) is 10.5. The molecule has 0 fully saturated rings. The molecule has 3 heterocycles. The molecule has 27 heavy (non-hydrogen) atoms. The maximum absolute atomic E-state index is 12.3. The third-order valence-corrected chi connectivity index (χ3v) is 6.13. The first-order valence-electron chi connectivity index (χ1n) is 9.01. The van der Waals surface area contributed by atoms with Gasteiger partial charge in [-0.25, -0.2) is 18.1 Å². The SMILES string of the molecule is Cn1cnc(S(=O)(=O)NCCn2nc(-c3ccncc3)c3c2CCCC3)c1. The van der Waals surface area contributed by atoms with Crippen molar-refractivity contribution in [2.75, 3.05) is 6.54 Å². The largest absolute Gasteiger partial charge is 0.339 e. The Hall–Kier alpha value is -2.52. The van der Waals surface area contributed by atoms with E-state index in [1.165, 1.54) is 23.8 Å². The van der Waals surface area contributed by atoms with Crippen molar-refractivity contribution in [1.82, 2.24) is 29.0 Å². The normalized spacial score (nSPS) is 14.3. The summed E-state index contributed by atoms with van der Waals surface area (Å²) in [5.41, 5.74) is 4.53. The number of fused-ring (bicyclic) bond motifs is 1. The summed E-state index contributed by atoms with van der Waals surface area (Å²) in [5.74, 6) is 0. The van der Waals surface area contributed by atoms with Crippen molar-refractivity contribution in [2.24, 2.45) is 7.05 Å². The van der Waals surface area contributed by atoms with Crippen molar-refractivity contribution < 1.29 is 8.42 Å². The predicted octanol–water partition coefficient (Wildman–Crippen LogP) is 1.54. The van der Waals surface area contributed by atoms with Gasteiger partial charge in [0, 0.05) is 49.0 Å². The van der Waals surface area contributed by atoms with Crippen molar-refractivity contribution >= 4 is 10.0 Å². The third kappa shape index (κ3) is 3.65. The Kier molecular flexibility index (Phi) is 4.79. The second-order valence-corrected chi connectivity index (χ2v) is 8.43. The highest BCUT2D eigenvalue weighted by atomic mass is 32.2. The van der Waals surface area contributed by atoms with Gasteiger partial charge >= 0.3 is 0 Å². The summed E-state index contributed by atoms with van der Waals surface area (Å²) in [6.45, 7) is 0.752. The standard InChI is InChI=1S/C18H22N6O2S/c1-23-12-17(20-13-23)27(25,26)21-10-11-24-16-5-3-2-4-15(16)18(22-24)14-6-8-19-9-7-14/h6-9,12-13,21H,2-5,10-11H2,1H3. The van der Waals surface area contributed by atoms with E-state index in [-0.39, 0.29) is 11.6 Å². The van der Waals surface area contributed by atoms with Crippen LogP contribution in [-0.4, -0.2) is 39.3 Å². The highest BCUT2D eigenvalue weighted by molar-refractivity contribution is 7.89. The first kappa shape index (κ1) is 17.9.